The lowest BCUT2D eigenvalue weighted by molar-refractivity contribution is 0.319. The van der Waals surface area contributed by atoms with Gasteiger partial charge in [0.2, 0.25) is 0 Å². The molecular formula is C15H12N2OS. The Morgan fingerprint density at radius 1 is 1.16 bits per heavy atom. The molecule has 2 aromatic carbocycles. The van der Waals surface area contributed by atoms with Crippen LogP contribution in [-0.4, -0.2) is 16.7 Å². The van der Waals surface area contributed by atoms with E-state index in [1.165, 1.54) is 0 Å². The topological polar surface area (TPSA) is 56.4 Å². The third-order valence-electron chi connectivity index (χ3n) is 2.56. The molecule has 0 fully saturated rings. The lowest BCUT2D eigenvalue weighted by Gasteiger charge is -2.05. The fourth-order valence-electron chi connectivity index (χ4n) is 1.61. The van der Waals surface area contributed by atoms with Gasteiger partial charge in [-0.2, -0.15) is 5.26 Å². The third kappa shape index (κ3) is 3.60. The number of hydrogen-bond donors (Lipinski definition) is 1. The van der Waals surface area contributed by atoms with Gasteiger partial charge in [-0.05, 0) is 24.3 Å². The zero-order valence-corrected chi connectivity index (χ0v) is 11.0. The van der Waals surface area contributed by atoms with E-state index >= 15 is 0 Å². The highest BCUT2D eigenvalue weighted by Crippen LogP contribution is 2.19. The van der Waals surface area contributed by atoms with Crippen LogP contribution in [0.15, 0.2) is 64.6 Å². The smallest absolute Gasteiger partial charge is 0.0991 e. The molecule has 0 aromatic heterocycles. The number of oxime groups is 1. The maximum absolute atomic E-state index is 9.11. The maximum atomic E-state index is 9.11. The summed E-state index contributed by atoms with van der Waals surface area (Å²) in [6, 6.07) is 19.0. The van der Waals surface area contributed by atoms with Crippen LogP contribution in [0.5, 0.6) is 0 Å². The third-order valence-corrected chi connectivity index (χ3v) is 3.59. The predicted octanol–water partition coefficient (Wildman–Crippen LogP) is 3.53. The van der Waals surface area contributed by atoms with Crippen molar-refractivity contribution >= 4 is 17.5 Å². The molecule has 0 aliphatic carbocycles. The second-order valence-electron chi connectivity index (χ2n) is 3.84. The molecule has 2 rings (SSSR count). The summed E-state index contributed by atoms with van der Waals surface area (Å²) in [5.74, 6) is 0.551. The number of benzene rings is 2. The van der Waals surface area contributed by atoms with E-state index in [2.05, 4.69) is 11.2 Å². The van der Waals surface area contributed by atoms with Gasteiger partial charge in [0.1, 0.15) is 0 Å². The summed E-state index contributed by atoms with van der Waals surface area (Å²) in [5, 5.41) is 21.3. The second-order valence-corrected chi connectivity index (χ2v) is 4.89. The first-order valence-corrected chi connectivity index (χ1v) is 6.71. The van der Waals surface area contributed by atoms with Crippen LogP contribution in [0.3, 0.4) is 0 Å². The number of nitrogens with zero attached hydrogens (tertiary/aromatic N) is 2. The van der Waals surface area contributed by atoms with Gasteiger partial charge >= 0.3 is 0 Å². The zero-order valence-electron chi connectivity index (χ0n) is 10.2. The fraction of sp³-hybridized carbons (Fsp3) is 0.0667. The maximum Gasteiger partial charge on any atom is 0.0991 e. The van der Waals surface area contributed by atoms with Crippen LogP contribution < -0.4 is 0 Å². The van der Waals surface area contributed by atoms with Gasteiger partial charge in [-0.3, -0.25) is 0 Å². The standard InChI is InChI=1S/C15H12N2OS/c16-10-12-5-4-6-13(9-12)15(17-18)11-19-14-7-2-1-3-8-14/h1-9,18H,11H2/b17-15+. The lowest BCUT2D eigenvalue weighted by Crippen LogP contribution is -2.04. The molecule has 2 aromatic rings. The van der Waals surface area contributed by atoms with Crippen molar-refractivity contribution in [2.24, 2.45) is 5.16 Å². The van der Waals surface area contributed by atoms with Crippen molar-refractivity contribution in [2.75, 3.05) is 5.75 Å². The molecule has 0 unspecified atom stereocenters. The summed E-state index contributed by atoms with van der Waals surface area (Å²) in [7, 11) is 0. The minimum Gasteiger partial charge on any atom is -0.411 e. The molecule has 0 heterocycles. The van der Waals surface area contributed by atoms with Crippen molar-refractivity contribution in [2.45, 2.75) is 4.90 Å². The van der Waals surface area contributed by atoms with E-state index in [9.17, 15) is 0 Å². The van der Waals surface area contributed by atoms with Gasteiger partial charge < -0.3 is 5.21 Å². The molecular weight excluding hydrogens is 256 g/mol. The molecule has 0 saturated carbocycles. The molecule has 0 bridgehead atoms. The number of hydrogen-bond acceptors (Lipinski definition) is 4. The van der Waals surface area contributed by atoms with Crippen LogP contribution in [0.4, 0.5) is 0 Å². The molecule has 0 saturated heterocycles. The van der Waals surface area contributed by atoms with Gasteiger partial charge in [-0.25, -0.2) is 0 Å². The lowest BCUT2D eigenvalue weighted by atomic mass is 10.1. The van der Waals surface area contributed by atoms with Gasteiger partial charge in [0.25, 0.3) is 0 Å². The molecule has 3 nitrogen and oxygen atoms in total. The van der Waals surface area contributed by atoms with Crippen molar-refractivity contribution in [3.63, 3.8) is 0 Å². The molecule has 0 spiro atoms. The molecule has 0 aliphatic heterocycles. The number of rotatable bonds is 4. The highest BCUT2D eigenvalue weighted by molar-refractivity contribution is 8.00. The van der Waals surface area contributed by atoms with Crippen LogP contribution in [0.25, 0.3) is 0 Å². The van der Waals surface area contributed by atoms with E-state index in [-0.39, 0.29) is 0 Å². The Bertz CT molecular complexity index is 618. The van der Waals surface area contributed by atoms with Gasteiger partial charge in [0.15, 0.2) is 0 Å². The Morgan fingerprint density at radius 2 is 1.95 bits per heavy atom. The van der Waals surface area contributed by atoms with Crippen LogP contribution in [-0.2, 0) is 0 Å². The quantitative estimate of drug-likeness (QED) is 0.399. The molecule has 19 heavy (non-hydrogen) atoms. The van der Waals surface area contributed by atoms with Gasteiger partial charge in [0, 0.05) is 16.2 Å². The Morgan fingerprint density at radius 3 is 2.63 bits per heavy atom. The molecule has 0 amide bonds. The number of thioether (sulfide) groups is 1. The first kappa shape index (κ1) is 13.2. The Kier molecular flexibility index (Phi) is 4.60. The van der Waals surface area contributed by atoms with E-state index in [1.807, 2.05) is 36.4 Å². The van der Waals surface area contributed by atoms with Gasteiger partial charge in [-0.1, -0.05) is 35.5 Å². The summed E-state index contributed by atoms with van der Waals surface area (Å²) in [6.45, 7) is 0. The minimum absolute atomic E-state index is 0.551. The summed E-state index contributed by atoms with van der Waals surface area (Å²) in [5.41, 5.74) is 1.89. The van der Waals surface area contributed by atoms with Crippen LogP contribution >= 0.6 is 11.8 Å². The molecule has 4 heteroatoms. The van der Waals surface area contributed by atoms with Crippen LogP contribution in [0.1, 0.15) is 11.1 Å². The highest BCUT2D eigenvalue weighted by Gasteiger charge is 2.06. The van der Waals surface area contributed by atoms with Gasteiger partial charge in [-0.15, -0.1) is 11.8 Å². The van der Waals surface area contributed by atoms with Crippen molar-refractivity contribution in [1.82, 2.24) is 0 Å². The van der Waals surface area contributed by atoms with E-state index in [0.29, 0.717) is 17.0 Å². The van der Waals surface area contributed by atoms with Crippen LogP contribution in [0.2, 0.25) is 0 Å². The highest BCUT2D eigenvalue weighted by atomic mass is 32.2. The fourth-order valence-corrected chi connectivity index (χ4v) is 2.48. The van der Waals surface area contributed by atoms with Crippen molar-refractivity contribution < 1.29 is 5.21 Å². The van der Waals surface area contributed by atoms with Gasteiger partial charge in [0.05, 0.1) is 17.3 Å². The largest absolute Gasteiger partial charge is 0.411 e. The average Bonchev–Trinajstić information content (AvgIpc) is 2.49. The van der Waals surface area contributed by atoms with Crippen molar-refractivity contribution in [1.29, 1.82) is 5.26 Å². The van der Waals surface area contributed by atoms with Crippen molar-refractivity contribution in [3.8, 4) is 6.07 Å². The van der Waals surface area contributed by atoms with E-state index in [1.54, 1.807) is 30.0 Å². The first-order chi connectivity index (χ1) is 9.33. The van der Waals surface area contributed by atoms with E-state index < -0.39 is 0 Å². The summed E-state index contributed by atoms with van der Waals surface area (Å²) in [6.07, 6.45) is 0. The van der Waals surface area contributed by atoms with Crippen LogP contribution in [0, 0.1) is 11.3 Å². The van der Waals surface area contributed by atoms with E-state index in [4.69, 9.17) is 10.5 Å². The molecule has 94 valence electrons. The molecule has 0 aliphatic rings. The Balaban J connectivity index is 2.11. The zero-order chi connectivity index (χ0) is 13.5. The Labute approximate surface area is 116 Å². The van der Waals surface area contributed by atoms with E-state index in [0.717, 1.165) is 10.5 Å². The minimum atomic E-state index is 0.551. The summed E-state index contributed by atoms with van der Waals surface area (Å²) in [4.78, 5) is 1.11. The second kappa shape index (κ2) is 6.62. The molecule has 0 atom stereocenters. The number of nitriles is 1. The normalized spacial score (nSPS) is 11.0. The SMILES string of the molecule is N#Cc1cccc(/C(CSc2ccccc2)=N/O)c1. The molecule has 0 radical (unpaired) electrons. The summed E-state index contributed by atoms with van der Waals surface area (Å²) < 4.78 is 0. The predicted molar refractivity (Wildman–Crippen MR) is 76.6 cm³/mol. The summed E-state index contributed by atoms with van der Waals surface area (Å²) >= 11 is 1.59. The van der Waals surface area contributed by atoms with Crippen molar-refractivity contribution in [3.05, 3.63) is 65.7 Å². The Hall–Kier alpha value is -2.25. The molecule has 1 N–H and O–H groups in total. The first-order valence-electron chi connectivity index (χ1n) is 5.73. The average molecular weight is 268 g/mol. The monoisotopic (exact) mass is 268 g/mol.